The fraction of sp³-hybridized carbons (Fsp3) is 0. The van der Waals surface area contributed by atoms with Crippen LogP contribution in [-0.4, -0.2) is 4.92 Å². The number of benzene rings is 1. The Morgan fingerprint density at radius 1 is 1.31 bits per heavy atom. The highest BCUT2D eigenvalue weighted by atomic mass is 35.5. The van der Waals surface area contributed by atoms with Crippen LogP contribution in [0.3, 0.4) is 0 Å². The quantitative estimate of drug-likeness (QED) is 0.564. The monoisotopic (exact) mass is 217 g/mol. The minimum absolute atomic E-state index is 0.394. The van der Waals surface area contributed by atoms with E-state index in [0.717, 1.165) is 6.20 Å². The van der Waals surface area contributed by atoms with E-state index in [1.807, 2.05) is 0 Å². The normalized spacial score (nSPS) is 10.6. The van der Waals surface area contributed by atoms with E-state index in [4.69, 9.17) is 23.2 Å². The number of nitrogens with zero attached hydrogens (tertiary/aromatic N) is 1. The molecule has 0 aliphatic heterocycles. The molecule has 0 N–H and O–H groups in total. The van der Waals surface area contributed by atoms with Gasteiger partial charge in [-0.1, -0.05) is 29.3 Å². The maximum Gasteiger partial charge on any atom is 0.235 e. The van der Waals surface area contributed by atoms with Crippen molar-refractivity contribution in [2.75, 3.05) is 0 Å². The zero-order chi connectivity index (χ0) is 9.84. The number of halogens is 2. The summed E-state index contributed by atoms with van der Waals surface area (Å²) in [5.41, 5.74) is 0.461. The van der Waals surface area contributed by atoms with Crippen LogP contribution in [0.25, 0.3) is 6.08 Å². The van der Waals surface area contributed by atoms with Crippen molar-refractivity contribution in [3.8, 4) is 0 Å². The van der Waals surface area contributed by atoms with Gasteiger partial charge in [0.05, 0.1) is 4.92 Å². The Bertz CT molecular complexity index is 343. The number of nitro groups is 1. The molecule has 1 rings (SSSR count). The molecular weight excluding hydrogens is 213 g/mol. The first-order valence-corrected chi connectivity index (χ1v) is 4.12. The Balaban J connectivity index is 3.06. The maximum absolute atomic E-state index is 10.0. The fourth-order valence-electron chi connectivity index (χ4n) is 0.805. The number of hydrogen-bond acceptors (Lipinski definition) is 2. The molecule has 0 fully saturated rings. The molecule has 5 heteroatoms. The Labute approximate surface area is 84.7 Å². The van der Waals surface area contributed by atoms with Crippen LogP contribution < -0.4 is 0 Å². The van der Waals surface area contributed by atoms with Gasteiger partial charge in [-0.2, -0.15) is 0 Å². The van der Waals surface area contributed by atoms with Gasteiger partial charge in [-0.25, -0.2) is 0 Å². The third-order valence-corrected chi connectivity index (χ3v) is 2.02. The SMILES string of the molecule is O=[N+]([O-])/C=C\c1c(Cl)cccc1Cl. The van der Waals surface area contributed by atoms with Crippen molar-refractivity contribution in [3.05, 3.63) is 50.1 Å². The smallest absolute Gasteiger partial charge is 0.235 e. The summed E-state index contributed by atoms with van der Waals surface area (Å²) in [6, 6.07) is 4.91. The molecule has 0 heterocycles. The van der Waals surface area contributed by atoms with Crippen molar-refractivity contribution >= 4 is 29.3 Å². The van der Waals surface area contributed by atoms with E-state index in [-0.39, 0.29) is 0 Å². The average molecular weight is 218 g/mol. The minimum Gasteiger partial charge on any atom is -0.259 e. The Kier molecular flexibility index (Phi) is 3.28. The van der Waals surface area contributed by atoms with Crippen LogP contribution in [0, 0.1) is 10.1 Å². The number of hydrogen-bond donors (Lipinski definition) is 0. The third-order valence-electron chi connectivity index (χ3n) is 1.36. The second-order valence-electron chi connectivity index (χ2n) is 2.24. The molecule has 3 nitrogen and oxygen atoms in total. The molecule has 0 aromatic heterocycles. The second kappa shape index (κ2) is 4.25. The van der Waals surface area contributed by atoms with Crippen molar-refractivity contribution in [1.29, 1.82) is 0 Å². The van der Waals surface area contributed by atoms with Gasteiger partial charge in [0.15, 0.2) is 0 Å². The molecule has 0 atom stereocenters. The van der Waals surface area contributed by atoms with Crippen molar-refractivity contribution in [3.63, 3.8) is 0 Å². The van der Waals surface area contributed by atoms with Gasteiger partial charge in [0.1, 0.15) is 0 Å². The standard InChI is InChI=1S/C8H5Cl2NO2/c9-7-2-1-3-8(10)6(7)4-5-11(12)13/h1-5H/b5-4-. The van der Waals surface area contributed by atoms with E-state index >= 15 is 0 Å². The zero-order valence-corrected chi connectivity index (χ0v) is 7.92. The molecular formula is C8H5Cl2NO2. The summed E-state index contributed by atoms with van der Waals surface area (Å²) in [5, 5.41) is 10.8. The van der Waals surface area contributed by atoms with Crippen molar-refractivity contribution in [1.82, 2.24) is 0 Å². The van der Waals surface area contributed by atoms with Crippen LogP contribution in [0.5, 0.6) is 0 Å². The Morgan fingerprint density at radius 3 is 2.31 bits per heavy atom. The van der Waals surface area contributed by atoms with E-state index < -0.39 is 4.92 Å². The molecule has 0 saturated heterocycles. The first-order valence-electron chi connectivity index (χ1n) is 3.37. The molecule has 0 unspecified atom stereocenters. The summed E-state index contributed by atoms with van der Waals surface area (Å²) in [6.07, 6.45) is 2.07. The summed E-state index contributed by atoms with van der Waals surface area (Å²) in [6.45, 7) is 0. The van der Waals surface area contributed by atoms with Gasteiger partial charge < -0.3 is 0 Å². The molecule has 0 aliphatic carbocycles. The molecule has 0 aliphatic rings. The van der Waals surface area contributed by atoms with Gasteiger partial charge in [-0.05, 0) is 12.1 Å². The van der Waals surface area contributed by atoms with E-state index in [1.54, 1.807) is 18.2 Å². The highest BCUT2D eigenvalue weighted by Gasteiger charge is 2.02. The fourth-order valence-corrected chi connectivity index (χ4v) is 1.33. The van der Waals surface area contributed by atoms with E-state index in [1.165, 1.54) is 6.08 Å². The Hall–Kier alpha value is -1.06. The van der Waals surface area contributed by atoms with Gasteiger partial charge >= 0.3 is 0 Å². The molecule has 0 radical (unpaired) electrons. The maximum atomic E-state index is 10.0. The molecule has 0 bridgehead atoms. The summed E-state index contributed by atoms with van der Waals surface area (Å²) < 4.78 is 0. The predicted molar refractivity (Wildman–Crippen MR) is 52.5 cm³/mol. The molecule has 68 valence electrons. The summed E-state index contributed by atoms with van der Waals surface area (Å²) >= 11 is 11.5. The van der Waals surface area contributed by atoms with Crippen LogP contribution in [0.15, 0.2) is 24.4 Å². The van der Waals surface area contributed by atoms with Gasteiger partial charge in [0.25, 0.3) is 0 Å². The van der Waals surface area contributed by atoms with Crippen LogP contribution >= 0.6 is 23.2 Å². The van der Waals surface area contributed by atoms with Crippen molar-refractivity contribution < 1.29 is 4.92 Å². The molecule has 1 aromatic carbocycles. The third kappa shape index (κ3) is 2.72. The first kappa shape index (κ1) is 10.0. The lowest BCUT2D eigenvalue weighted by Crippen LogP contribution is -1.83. The van der Waals surface area contributed by atoms with Gasteiger partial charge in [0.2, 0.25) is 6.20 Å². The van der Waals surface area contributed by atoms with Crippen molar-refractivity contribution in [2.24, 2.45) is 0 Å². The van der Waals surface area contributed by atoms with Crippen LogP contribution in [0.2, 0.25) is 10.0 Å². The van der Waals surface area contributed by atoms with Crippen LogP contribution in [0.1, 0.15) is 5.56 Å². The molecule has 0 saturated carbocycles. The first-order chi connectivity index (χ1) is 6.11. The van der Waals surface area contributed by atoms with E-state index in [2.05, 4.69) is 0 Å². The lowest BCUT2D eigenvalue weighted by atomic mass is 10.2. The lowest BCUT2D eigenvalue weighted by Gasteiger charge is -1.98. The molecule has 0 spiro atoms. The zero-order valence-electron chi connectivity index (χ0n) is 6.41. The molecule has 13 heavy (non-hydrogen) atoms. The highest BCUT2D eigenvalue weighted by molar-refractivity contribution is 6.37. The van der Waals surface area contributed by atoms with Gasteiger partial charge in [0, 0.05) is 21.7 Å². The topological polar surface area (TPSA) is 43.1 Å². The summed E-state index contributed by atoms with van der Waals surface area (Å²) in [5.74, 6) is 0. The van der Waals surface area contributed by atoms with E-state index in [9.17, 15) is 10.1 Å². The summed E-state index contributed by atoms with van der Waals surface area (Å²) in [4.78, 5) is 9.46. The van der Waals surface area contributed by atoms with Crippen LogP contribution in [-0.2, 0) is 0 Å². The minimum atomic E-state index is -0.570. The predicted octanol–water partition coefficient (Wildman–Crippen LogP) is 3.24. The van der Waals surface area contributed by atoms with Crippen molar-refractivity contribution in [2.45, 2.75) is 0 Å². The largest absolute Gasteiger partial charge is 0.259 e. The average Bonchev–Trinajstić information content (AvgIpc) is 2.03. The lowest BCUT2D eigenvalue weighted by molar-refractivity contribution is -0.400. The Morgan fingerprint density at radius 2 is 1.85 bits per heavy atom. The molecule has 1 aromatic rings. The summed E-state index contributed by atoms with van der Waals surface area (Å²) in [7, 11) is 0. The second-order valence-corrected chi connectivity index (χ2v) is 3.05. The highest BCUT2D eigenvalue weighted by Crippen LogP contribution is 2.25. The van der Waals surface area contributed by atoms with Crippen LogP contribution in [0.4, 0.5) is 0 Å². The number of rotatable bonds is 2. The molecule has 0 amide bonds. The van der Waals surface area contributed by atoms with Gasteiger partial charge in [-0.15, -0.1) is 0 Å². The van der Waals surface area contributed by atoms with E-state index in [0.29, 0.717) is 15.6 Å². The van der Waals surface area contributed by atoms with Gasteiger partial charge in [-0.3, -0.25) is 10.1 Å².